The molecule has 6 nitrogen and oxygen atoms in total. The van der Waals surface area contributed by atoms with E-state index in [1.54, 1.807) is 7.11 Å². The van der Waals surface area contributed by atoms with E-state index in [1.807, 2.05) is 12.3 Å². The zero-order chi connectivity index (χ0) is 16.7. The maximum absolute atomic E-state index is 5.68. The largest absolute Gasteiger partial charge is 0.497 e. The summed E-state index contributed by atoms with van der Waals surface area (Å²) >= 11 is 0. The molecule has 0 unspecified atom stereocenters. The Hall–Kier alpha value is -2.60. The van der Waals surface area contributed by atoms with E-state index in [-0.39, 0.29) is 0 Å². The number of methoxy groups -OCH3 is 1. The Kier molecular flexibility index (Phi) is 3.61. The monoisotopic (exact) mass is 323 g/mol. The SMILES string of the molecule is COc1ccc2c(c1)c(CN1CCc3nc(N)ncc3C1)cn2C. The summed E-state index contributed by atoms with van der Waals surface area (Å²) in [5.41, 5.74) is 10.5. The first kappa shape index (κ1) is 15.0. The van der Waals surface area contributed by atoms with Crippen molar-refractivity contribution in [1.29, 1.82) is 0 Å². The lowest BCUT2D eigenvalue weighted by molar-refractivity contribution is 0.243. The predicted octanol–water partition coefficient (Wildman–Crippen LogP) is 2.12. The number of nitrogens with zero attached hydrogens (tertiary/aromatic N) is 4. The molecule has 1 aliphatic rings. The summed E-state index contributed by atoms with van der Waals surface area (Å²) in [6.07, 6.45) is 4.98. The third-order valence-electron chi connectivity index (χ3n) is 4.70. The number of nitrogen functional groups attached to an aromatic ring is 1. The molecule has 2 aromatic heterocycles. The summed E-state index contributed by atoms with van der Waals surface area (Å²) in [4.78, 5) is 10.9. The molecule has 0 aliphatic carbocycles. The Bertz CT molecular complexity index is 902. The van der Waals surface area contributed by atoms with Gasteiger partial charge in [-0.2, -0.15) is 0 Å². The summed E-state index contributed by atoms with van der Waals surface area (Å²) in [5.74, 6) is 1.26. The van der Waals surface area contributed by atoms with Crippen molar-refractivity contribution < 1.29 is 4.74 Å². The fourth-order valence-electron chi connectivity index (χ4n) is 3.47. The molecule has 0 atom stereocenters. The summed E-state index contributed by atoms with van der Waals surface area (Å²) in [6.45, 7) is 2.73. The van der Waals surface area contributed by atoms with E-state index in [9.17, 15) is 0 Å². The number of anilines is 1. The molecule has 1 aliphatic heterocycles. The number of hydrogen-bond acceptors (Lipinski definition) is 5. The van der Waals surface area contributed by atoms with Crippen LogP contribution in [0.2, 0.25) is 0 Å². The van der Waals surface area contributed by atoms with Crippen LogP contribution in [0.15, 0.2) is 30.6 Å². The van der Waals surface area contributed by atoms with Crippen LogP contribution in [0, 0.1) is 0 Å². The van der Waals surface area contributed by atoms with Crippen molar-refractivity contribution in [2.75, 3.05) is 19.4 Å². The first-order valence-corrected chi connectivity index (χ1v) is 8.08. The van der Waals surface area contributed by atoms with E-state index in [2.05, 4.69) is 44.8 Å². The zero-order valence-corrected chi connectivity index (χ0v) is 14.0. The third-order valence-corrected chi connectivity index (χ3v) is 4.70. The molecule has 1 aromatic carbocycles. The highest BCUT2D eigenvalue weighted by Crippen LogP contribution is 2.27. The van der Waals surface area contributed by atoms with Crippen LogP contribution < -0.4 is 10.5 Å². The molecule has 2 N–H and O–H groups in total. The van der Waals surface area contributed by atoms with E-state index in [0.29, 0.717) is 5.95 Å². The van der Waals surface area contributed by atoms with Crippen molar-refractivity contribution in [3.63, 3.8) is 0 Å². The second kappa shape index (κ2) is 5.79. The fourth-order valence-corrected chi connectivity index (χ4v) is 3.47. The topological polar surface area (TPSA) is 69.2 Å². The molecule has 0 bridgehead atoms. The highest BCUT2D eigenvalue weighted by Gasteiger charge is 2.19. The standard InChI is InChI=1S/C18H21N5O/c1-22-9-13(15-7-14(24-2)3-4-17(15)22)11-23-6-5-16-12(10-23)8-20-18(19)21-16/h3-4,7-9H,5-6,10-11H2,1-2H3,(H2,19,20,21). The Balaban J connectivity index is 1.62. The smallest absolute Gasteiger partial charge is 0.220 e. The van der Waals surface area contributed by atoms with Gasteiger partial charge in [0.15, 0.2) is 0 Å². The maximum Gasteiger partial charge on any atom is 0.220 e. The van der Waals surface area contributed by atoms with Gasteiger partial charge in [-0.15, -0.1) is 0 Å². The third kappa shape index (κ3) is 2.59. The molecule has 4 rings (SSSR count). The molecular weight excluding hydrogens is 302 g/mol. The molecule has 3 aromatic rings. The van der Waals surface area contributed by atoms with Crippen LogP contribution in [0.1, 0.15) is 16.8 Å². The Morgan fingerprint density at radius 1 is 1.33 bits per heavy atom. The normalized spacial score (nSPS) is 14.8. The average molecular weight is 323 g/mol. The van der Waals surface area contributed by atoms with Gasteiger partial charge in [-0.25, -0.2) is 9.97 Å². The van der Waals surface area contributed by atoms with Crippen LogP contribution in [0.3, 0.4) is 0 Å². The predicted molar refractivity (Wildman–Crippen MR) is 93.7 cm³/mol. The van der Waals surface area contributed by atoms with Gasteiger partial charge in [0.1, 0.15) is 5.75 Å². The van der Waals surface area contributed by atoms with E-state index in [4.69, 9.17) is 10.5 Å². The molecule has 0 spiro atoms. The van der Waals surface area contributed by atoms with Crippen LogP contribution in [-0.4, -0.2) is 33.1 Å². The van der Waals surface area contributed by atoms with Gasteiger partial charge in [0, 0.05) is 62.0 Å². The number of benzene rings is 1. The summed E-state index contributed by atoms with van der Waals surface area (Å²) in [6, 6.07) is 6.23. The van der Waals surface area contributed by atoms with E-state index in [0.717, 1.165) is 37.5 Å². The molecule has 3 heterocycles. The van der Waals surface area contributed by atoms with Crippen molar-refractivity contribution in [1.82, 2.24) is 19.4 Å². The highest BCUT2D eigenvalue weighted by molar-refractivity contribution is 5.85. The van der Waals surface area contributed by atoms with E-state index < -0.39 is 0 Å². The maximum atomic E-state index is 5.68. The number of ether oxygens (including phenoxy) is 1. The molecule has 124 valence electrons. The molecular formula is C18H21N5O. The number of hydrogen-bond donors (Lipinski definition) is 1. The number of aryl methyl sites for hydroxylation is 1. The second-order valence-electron chi connectivity index (χ2n) is 6.31. The van der Waals surface area contributed by atoms with Crippen LogP contribution in [-0.2, 0) is 26.6 Å². The second-order valence-corrected chi connectivity index (χ2v) is 6.31. The number of nitrogens with two attached hydrogens (primary N) is 1. The zero-order valence-electron chi connectivity index (χ0n) is 14.0. The number of aromatic nitrogens is 3. The van der Waals surface area contributed by atoms with Gasteiger partial charge >= 0.3 is 0 Å². The lowest BCUT2D eigenvalue weighted by Gasteiger charge is -2.27. The molecule has 0 saturated heterocycles. The first-order chi connectivity index (χ1) is 11.6. The van der Waals surface area contributed by atoms with Gasteiger partial charge in [0.25, 0.3) is 0 Å². The number of fused-ring (bicyclic) bond motifs is 2. The first-order valence-electron chi connectivity index (χ1n) is 8.08. The van der Waals surface area contributed by atoms with E-state index >= 15 is 0 Å². The van der Waals surface area contributed by atoms with Crippen LogP contribution in [0.25, 0.3) is 10.9 Å². The lowest BCUT2D eigenvalue weighted by atomic mass is 10.1. The van der Waals surface area contributed by atoms with Gasteiger partial charge in [-0.1, -0.05) is 0 Å². The highest BCUT2D eigenvalue weighted by atomic mass is 16.5. The van der Waals surface area contributed by atoms with Crippen LogP contribution in [0.4, 0.5) is 5.95 Å². The van der Waals surface area contributed by atoms with Crippen molar-refractivity contribution in [2.45, 2.75) is 19.5 Å². The van der Waals surface area contributed by atoms with Crippen molar-refractivity contribution in [2.24, 2.45) is 7.05 Å². The van der Waals surface area contributed by atoms with Gasteiger partial charge in [-0.05, 0) is 23.8 Å². The molecule has 24 heavy (non-hydrogen) atoms. The number of rotatable bonds is 3. The quantitative estimate of drug-likeness (QED) is 0.799. The minimum absolute atomic E-state index is 0.364. The molecule has 6 heteroatoms. The summed E-state index contributed by atoms with van der Waals surface area (Å²) in [5, 5.41) is 1.25. The molecule has 0 fully saturated rings. The lowest BCUT2D eigenvalue weighted by Crippen LogP contribution is -2.31. The molecule has 0 radical (unpaired) electrons. The van der Waals surface area contributed by atoms with Gasteiger partial charge in [-0.3, -0.25) is 4.90 Å². The Morgan fingerprint density at radius 3 is 3.04 bits per heavy atom. The Labute approximate surface area is 140 Å². The van der Waals surface area contributed by atoms with Crippen molar-refractivity contribution >= 4 is 16.9 Å². The Morgan fingerprint density at radius 2 is 2.21 bits per heavy atom. The van der Waals surface area contributed by atoms with Gasteiger partial charge in [0.05, 0.1) is 12.8 Å². The fraction of sp³-hybridized carbons (Fsp3) is 0.333. The molecule has 0 saturated carbocycles. The van der Waals surface area contributed by atoms with Crippen molar-refractivity contribution in [3.8, 4) is 5.75 Å². The summed E-state index contributed by atoms with van der Waals surface area (Å²) < 4.78 is 7.56. The minimum atomic E-state index is 0.364. The van der Waals surface area contributed by atoms with Gasteiger partial charge < -0.3 is 15.0 Å². The minimum Gasteiger partial charge on any atom is -0.497 e. The summed E-state index contributed by atoms with van der Waals surface area (Å²) in [7, 11) is 3.79. The van der Waals surface area contributed by atoms with Gasteiger partial charge in [0.2, 0.25) is 5.95 Å². The molecule has 0 amide bonds. The van der Waals surface area contributed by atoms with Crippen LogP contribution in [0.5, 0.6) is 5.75 Å². The average Bonchev–Trinajstić information content (AvgIpc) is 2.90. The van der Waals surface area contributed by atoms with E-state index in [1.165, 1.54) is 22.0 Å². The van der Waals surface area contributed by atoms with Crippen molar-refractivity contribution in [3.05, 3.63) is 47.4 Å². The van der Waals surface area contributed by atoms with Crippen LogP contribution >= 0.6 is 0 Å².